The summed E-state index contributed by atoms with van der Waals surface area (Å²) >= 11 is 1.91. The standard InChI is InChI=1S/C9H13N3OS/c1-6-8(2-3-14-6)12-9(13)7-4-10-11-5-7/h4-6,8H,2-3H2,1H3,(H,10,11)(H,12,13). The number of nitrogens with zero attached hydrogens (tertiary/aromatic N) is 1. The van der Waals surface area contributed by atoms with E-state index >= 15 is 0 Å². The fourth-order valence-corrected chi connectivity index (χ4v) is 2.75. The monoisotopic (exact) mass is 211 g/mol. The lowest BCUT2D eigenvalue weighted by molar-refractivity contribution is 0.0937. The van der Waals surface area contributed by atoms with Crippen LogP contribution in [0.25, 0.3) is 0 Å². The van der Waals surface area contributed by atoms with Crippen molar-refractivity contribution in [2.24, 2.45) is 0 Å². The Labute approximate surface area is 86.8 Å². The zero-order valence-corrected chi connectivity index (χ0v) is 8.80. The molecular weight excluding hydrogens is 198 g/mol. The van der Waals surface area contributed by atoms with E-state index in [1.54, 1.807) is 12.4 Å². The molecule has 2 heterocycles. The first-order valence-corrected chi connectivity index (χ1v) is 5.73. The predicted octanol–water partition coefficient (Wildman–Crippen LogP) is 1.03. The third-order valence-electron chi connectivity index (χ3n) is 2.45. The molecule has 1 amide bonds. The van der Waals surface area contributed by atoms with Gasteiger partial charge in [0.2, 0.25) is 0 Å². The molecule has 0 aromatic carbocycles. The molecular formula is C9H13N3OS. The molecule has 1 fully saturated rings. The van der Waals surface area contributed by atoms with Gasteiger partial charge >= 0.3 is 0 Å². The summed E-state index contributed by atoms with van der Waals surface area (Å²) in [5.74, 6) is 1.11. The van der Waals surface area contributed by atoms with Crippen LogP contribution < -0.4 is 5.32 Å². The van der Waals surface area contributed by atoms with Gasteiger partial charge in [-0.25, -0.2) is 0 Å². The van der Waals surface area contributed by atoms with Crippen LogP contribution in [-0.2, 0) is 0 Å². The molecule has 1 aliphatic heterocycles. The van der Waals surface area contributed by atoms with Gasteiger partial charge in [0.25, 0.3) is 5.91 Å². The van der Waals surface area contributed by atoms with Crippen molar-refractivity contribution in [3.05, 3.63) is 18.0 Å². The lowest BCUT2D eigenvalue weighted by Gasteiger charge is -2.15. The average Bonchev–Trinajstić information content (AvgIpc) is 2.77. The number of hydrogen-bond donors (Lipinski definition) is 2. The van der Waals surface area contributed by atoms with Crippen molar-refractivity contribution in [3.8, 4) is 0 Å². The number of nitrogens with one attached hydrogen (secondary N) is 2. The Morgan fingerprint density at radius 3 is 3.21 bits per heavy atom. The summed E-state index contributed by atoms with van der Waals surface area (Å²) in [6, 6.07) is 0.308. The molecule has 2 N–H and O–H groups in total. The summed E-state index contributed by atoms with van der Waals surface area (Å²) in [5.41, 5.74) is 0.606. The molecule has 1 aromatic rings. The maximum atomic E-state index is 11.6. The third kappa shape index (κ3) is 1.92. The second-order valence-corrected chi connectivity index (χ2v) is 4.92. The Hall–Kier alpha value is -0.970. The number of carbonyl (C=O) groups is 1. The summed E-state index contributed by atoms with van der Waals surface area (Å²) in [6.45, 7) is 2.15. The number of amides is 1. The summed E-state index contributed by atoms with van der Waals surface area (Å²) in [4.78, 5) is 11.6. The predicted molar refractivity (Wildman–Crippen MR) is 56.4 cm³/mol. The number of aromatic nitrogens is 2. The molecule has 0 radical (unpaired) electrons. The topological polar surface area (TPSA) is 57.8 Å². The van der Waals surface area contributed by atoms with Gasteiger partial charge in [-0.15, -0.1) is 0 Å². The van der Waals surface area contributed by atoms with Gasteiger partial charge in [0.15, 0.2) is 0 Å². The highest BCUT2D eigenvalue weighted by atomic mass is 32.2. The highest BCUT2D eigenvalue weighted by molar-refractivity contribution is 8.00. The molecule has 0 spiro atoms. The Morgan fingerprint density at radius 2 is 2.64 bits per heavy atom. The second-order valence-electron chi connectivity index (χ2n) is 3.43. The van der Waals surface area contributed by atoms with Crippen LogP contribution in [0, 0.1) is 0 Å². The van der Waals surface area contributed by atoms with Gasteiger partial charge in [0, 0.05) is 17.5 Å². The van der Waals surface area contributed by atoms with Crippen molar-refractivity contribution in [3.63, 3.8) is 0 Å². The van der Waals surface area contributed by atoms with Crippen molar-refractivity contribution < 1.29 is 4.79 Å². The minimum absolute atomic E-state index is 0.0295. The molecule has 1 saturated heterocycles. The summed E-state index contributed by atoms with van der Waals surface area (Å²) in [6.07, 6.45) is 4.22. The van der Waals surface area contributed by atoms with E-state index in [0.717, 1.165) is 12.2 Å². The summed E-state index contributed by atoms with van der Waals surface area (Å²) in [7, 11) is 0. The molecule has 2 rings (SSSR count). The summed E-state index contributed by atoms with van der Waals surface area (Å²) in [5, 5.41) is 9.91. The molecule has 2 unspecified atom stereocenters. The van der Waals surface area contributed by atoms with Gasteiger partial charge < -0.3 is 5.32 Å². The fraction of sp³-hybridized carbons (Fsp3) is 0.556. The van der Waals surface area contributed by atoms with Crippen molar-refractivity contribution >= 4 is 17.7 Å². The van der Waals surface area contributed by atoms with Gasteiger partial charge in [-0.1, -0.05) is 6.92 Å². The zero-order chi connectivity index (χ0) is 9.97. The Morgan fingerprint density at radius 1 is 1.79 bits per heavy atom. The van der Waals surface area contributed by atoms with Crippen LogP contribution >= 0.6 is 11.8 Å². The largest absolute Gasteiger partial charge is 0.348 e. The molecule has 0 saturated carbocycles. The number of carbonyl (C=O) groups excluding carboxylic acids is 1. The van der Waals surface area contributed by atoms with Crippen LogP contribution in [0.3, 0.4) is 0 Å². The highest BCUT2D eigenvalue weighted by Gasteiger charge is 2.25. The average molecular weight is 211 g/mol. The Kier molecular flexibility index (Phi) is 2.77. The quantitative estimate of drug-likeness (QED) is 0.768. The normalized spacial score (nSPS) is 26.4. The molecule has 4 nitrogen and oxygen atoms in total. The number of rotatable bonds is 2. The molecule has 2 atom stereocenters. The van der Waals surface area contributed by atoms with E-state index < -0.39 is 0 Å². The molecule has 14 heavy (non-hydrogen) atoms. The number of thioether (sulfide) groups is 1. The fourth-order valence-electron chi connectivity index (χ4n) is 1.55. The van der Waals surface area contributed by atoms with Crippen LogP contribution in [0.4, 0.5) is 0 Å². The van der Waals surface area contributed by atoms with Crippen molar-refractivity contribution in [1.29, 1.82) is 0 Å². The molecule has 1 aliphatic rings. The van der Waals surface area contributed by atoms with Crippen LogP contribution in [0.1, 0.15) is 23.7 Å². The summed E-state index contributed by atoms with van der Waals surface area (Å²) < 4.78 is 0. The zero-order valence-electron chi connectivity index (χ0n) is 7.99. The van der Waals surface area contributed by atoms with E-state index in [2.05, 4.69) is 22.4 Å². The van der Waals surface area contributed by atoms with Gasteiger partial charge in [-0.05, 0) is 12.2 Å². The van der Waals surface area contributed by atoms with E-state index in [0.29, 0.717) is 16.9 Å². The van der Waals surface area contributed by atoms with Gasteiger partial charge in [0.1, 0.15) is 0 Å². The van der Waals surface area contributed by atoms with Gasteiger partial charge in [-0.3, -0.25) is 9.89 Å². The van der Waals surface area contributed by atoms with E-state index in [-0.39, 0.29) is 5.91 Å². The molecule has 5 heteroatoms. The van der Waals surface area contributed by atoms with Crippen LogP contribution in [0.5, 0.6) is 0 Å². The smallest absolute Gasteiger partial charge is 0.254 e. The van der Waals surface area contributed by atoms with Crippen LogP contribution in [0.2, 0.25) is 0 Å². The molecule has 0 bridgehead atoms. The number of hydrogen-bond acceptors (Lipinski definition) is 3. The minimum Gasteiger partial charge on any atom is -0.348 e. The van der Waals surface area contributed by atoms with Gasteiger partial charge in [-0.2, -0.15) is 16.9 Å². The van der Waals surface area contributed by atoms with E-state index in [4.69, 9.17) is 0 Å². The highest BCUT2D eigenvalue weighted by Crippen LogP contribution is 2.26. The Balaban J connectivity index is 1.95. The van der Waals surface area contributed by atoms with Crippen LogP contribution in [0.15, 0.2) is 12.4 Å². The molecule has 0 aliphatic carbocycles. The minimum atomic E-state index is -0.0295. The lowest BCUT2D eigenvalue weighted by atomic mass is 10.1. The first-order chi connectivity index (χ1) is 6.77. The SMILES string of the molecule is CC1SCCC1NC(=O)c1cn[nH]c1. The van der Waals surface area contributed by atoms with Crippen LogP contribution in [-0.4, -0.2) is 33.1 Å². The van der Waals surface area contributed by atoms with E-state index in [9.17, 15) is 4.79 Å². The van der Waals surface area contributed by atoms with Crippen molar-refractivity contribution in [1.82, 2.24) is 15.5 Å². The first kappa shape index (κ1) is 9.58. The number of H-pyrrole nitrogens is 1. The van der Waals surface area contributed by atoms with E-state index in [1.165, 1.54) is 0 Å². The number of aromatic amines is 1. The third-order valence-corrected chi connectivity index (χ3v) is 3.78. The lowest BCUT2D eigenvalue weighted by Crippen LogP contribution is -2.38. The van der Waals surface area contributed by atoms with Gasteiger partial charge in [0.05, 0.1) is 11.8 Å². The first-order valence-electron chi connectivity index (χ1n) is 4.68. The molecule has 76 valence electrons. The maximum absolute atomic E-state index is 11.6. The maximum Gasteiger partial charge on any atom is 0.254 e. The van der Waals surface area contributed by atoms with Crippen molar-refractivity contribution in [2.75, 3.05) is 5.75 Å². The van der Waals surface area contributed by atoms with Crippen molar-refractivity contribution in [2.45, 2.75) is 24.6 Å². The Bertz CT molecular complexity index is 312. The second kappa shape index (κ2) is 4.04. The van der Waals surface area contributed by atoms with E-state index in [1.807, 2.05) is 11.8 Å². The molecule has 1 aromatic heterocycles.